The summed E-state index contributed by atoms with van der Waals surface area (Å²) in [4.78, 5) is 60.5. The average molecular weight is 460 g/mol. The van der Waals surface area contributed by atoms with E-state index in [1.54, 1.807) is 27.7 Å². The van der Waals surface area contributed by atoms with Crippen molar-refractivity contribution in [1.82, 2.24) is 16.0 Å². The first-order chi connectivity index (χ1) is 14.7. The lowest BCUT2D eigenvalue weighted by atomic mass is 9.98. The third-order valence-corrected chi connectivity index (χ3v) is 5.16. The fourth-order valence-electron chi connectivity index (χ4n) is 2.76. The van der Waals surface area contributed by atoms with Crippen LogP contribution in [-0.2, 0) is 24.0 Å². The molecule has 4 amide bonds. The van der Waals surface area contributed by atoms with E-state index in [1.165, 1.54) is 6.92 Å². The van der Waals surface area contributed by atoms with Gasteiger partial charge in [0, 0.05) is 6.42 Å². The van der Waals surface area contributed by atoms with Gasteiger partial charge in [0.25, 0.3) is 0 Å². The lowest BCUT2D eigenvalue weighted by Gasteiger charge is -2.28. The molecule has 0 heterocycles. The van der Waals surface area contributed by atoms with Gasteiger partial charge in [-0.2, -0.15) is 0 Å². The summed E-state index contributed by atoms with van der Waals surface area (Å²) in [5.74, 6) is -5.00. The molecule has 12 nitrogen and oxygen atoms in total. The number of nitrogens with one attached hydrogen (secondary N) is 3. The Labute approximate surface area is 187 Å². The van der Waals surface area contributed by atoms with Crippen molar-refractivity contribution in [2.45, 2.75) is 84.2 Å². The van der Waals surface area contributed by atoms with Crippen LogP contribution in [0.1, 0.15) is 53.9 Å². The molecule has 0 saturated heterocycles. The first-order valence-corrected chi connectivity index (χ1v) is 10.6. The van der Waals surface area contributed by atoms with Crippen LogP contribution in [0, 0.1) is 11.8 Å². The van der Waals surface area contributed by atoms with Crippen molar-refractivity contribution in [1.29, 1.82) is 0 Å². The number of amides is 4. The molecule has 0 aliphatic rings. The van der Waals surface area contributed by atoms with E-state index in [2.05, 4.69) is 16.0 Å². The number of carbonyl (C=O) groups is 5. The van der Waals surface area contributed by atoms with E-state index in [4.69, 9.17) is 11.5 Å². The Morgan fingerprint density at radius 2 is 1.41 bits per heavy atom. The normalized spacial score (nSPS) is 16.8. The quantitative estimate of drug-likeness (QED) is 0.157. The molecule has 0 aliphatic heterocycles. The van der Waals surface area contributed by atoms with Crippen LogP contribution in [0.2, 0.25) is 0 Å². The standard InChI is InChI=1S/C20H37N5O7/c1-6-10(4)16(20(31)32)25-17(28)12(7-8-13(21)27)23-19(30)15(9(2)3)24-18(29)14(22)11(5)26/h9-12,14-16,26H,6-8,22H2,1-5H3,(H2,21,27)(H,23,30)(H,24,29)(H,25,28)(H,31,32). The molecule has 0 aromatic rings. The van der Waals surface area contributed by atoms with E-state index in [9.17, 15) is 34.2 Å². The number of aliphatic hydroxyl groups excluding tert-OH is 1. The van der Waals surface area contributed by atoms with Gasteiger partial charge in [0.2, 0.25) is 23.6 Å². The molecule has 0 rings (SSSR count). The Bertz CT molecular complexity index is 683. The zero-order chi connectivity index (χ0) is 25.2. The molecule has 9 N–H and O–H groups in total. The summed E-state index contributed by atoms with van der Waals surface area (Å²) in [6.07, 6.45) is -1.05. The number of hydrogen-bond acceptors (Lipinski definition) is 7. The third-order valence-electron chi connectivity index (χ3n) is 5.16. The van der Waals surface area contributed by atoms with E-state index >= 15 is 0 Å². The minimum absolute atomic E-state index is 0.161. The van der Waals surface area contributed by atoms with Gasteiger partial charge in [-0.3, -0.25) is 19.2 Å². The van der Waals surface area contributed by atoms with Crippen molar-refractivity contribution in [3.8, 4) is 0 Å². The molecule has 0 fully saturated rings. The molecule has 0 spiro atoms. The van der Waals surface area contributed by atoms with Crippen molar-refractivity contribution in [3.05, 3.63) is 0 Å². The summed E-state index contributed by atoms with van der Waals surface area (Å²) >= 11 is 0. The lowest BCUT2D eigenvalue weighted by Crippen LogP contribution is -2.59. The number of aliphatic hydroxyl groups is 1. The minimum atomic E-state index is -1.26. The van der Waals surface area contributed by atoms with Gasteiger partial charge in [-0.05, 0) is 25.2 Å². The predicted molar refractivity (Wildman–Crippen MR) is 116 cm³/mol. The second kappa shape index (κ2) is 13.6. The topological polar surface area (TPSA) is 214 Å². The predicted octanol–water partition coefficient (Wildman–Crippen LogP) is -1.80. The van der Waals surface area contributed by atoms with Crippen LogP contribution < -0.4 is 27.4 Å². The largest absolute Gasteiger partial charge is 0.480 e. The van der Waals surface area contributed by atoms with Crippen LogP contribution in [0.15, 0.2) is 0 Å². The number of nitrogens with two attached hydrogens (primary N) is 2. The highest BCUT2D eigenvalue weighted by Crippen LogP contribution is 2.10. The maximum Gasteiger partial charge on any atom is 0.326 e. The van der Waals surface area contributed by atoms with Crippen molar-refractivity contribution in [2.75, 3.05) is 0 Å². The molecule has 12 heteroatoms. The van der Waals surface area contributed by atoms with E-state index < -0.39 is 65.8 Å². The lowest BCUT2D eigenvalue weighted by molar-refractivity contribution is -0.144. The van der Waals surface area contributed by atoms with Gasteiger partial charge in [-0.25, -0.2) is 4.79 Å². The minimum Gasteiger partial charge on any atom is -0.480 e. The Morgan fingerprint density at radius 3 is 1.81 bits per heavy atom. The van der Waals surface area contributed by atoms with Gasteiger partial charge >= 0.3 is 5.97 Å². The number of carboxylic acids is 1. The fraction of sp³-hybridized carbons (Fsp3) is 0.750. The Morgan fingerprint density at radius 1 is 0.875 bits per heavy atom. The van der Waals surface area contributed by atoms with Crippen LogP contribution >= 0.6 is 0 Å². The number of hydrogen-bond donors (Lipinski definition) is 7. The highest BCUT2D eigenvalue weighted by molar-refractivity contribution is 5.94. The summed E-state index contributed by atoms with van der Waals surface area (Å²) in [5, 5.41) is 26.2. The summed E-state index contributed by atoms with van der Waals surface area (Å²) in [7, 11) is 0. The molecule has 0 saturated carbocycles. The summed E-state index contributed by atoms with van der Waals surface area (Å²) in [6, 6.07) is -4.81. The second-order valence-corrected chi connectivity index (χ2v) is 8.27. The number of carbonyl (C=O) groups excluding carboxylic acids is 4. The maximum atomic E-state index is 12.8. The monoisotopic (exact) mass is 459 g/mol. The van der Waals surface area contributed by atoms with Crippen molar-refractivity contribution < 1.29 is 34.2 Å². The molecule has 0 bridgehead atoms. The van der Waals surface area contributed by atoms with Crippen LogP contribution in [0.5, 0.6) is 0 Å². The number of carboxylic acid groups (broad SMARTS) is 1. The molecule has 0 aromatic heterocycles. The van der Waals surface area contributed by atoms with Gasteiger partial charge in [0.15, 0.2) is 0 Å². The smallest absolute Gasteiger partial charge is 0.326 e. The molecule has 0 aliphatic carbocycles. The van der Waals surface area contributed by atoms with Crippen LogP contribution in [0.25, 0.3) is 0 Å². The van der Waals surface area contributed by atoms with E-state index in [-0.39, 0.29) is 18.8 Å². The highest BCUT2D eigenvalue weighted by Gasteiger charge is 2.33. The van der Waals surface area contributed by atoms with Gasteiger partial charge in [0.1, 0.15) is 24.2 Å². The average Bonchev–Trinajstić information content (AvgIpc) is 2.70. The van der Waals surface area contributed by atoms with Gasteiger partial charge in [-0.15, -0.1) is 0 Å². The third kappa shape index (κ3) is 9.60. The Balaban J connectivity index is 5.57. The van der Waals surface area contributed by atoms with Gasteiger partial charge < -0.3 is 37.6 Å². The first-order valence-electron chi connectivity index (χ1n) is 10.6. The Kier molecular flexibility index (Phi) is 12.5. The Hall–Kier alpha value is -2.73. The van der Waals surface area contributed by atoms with Crippen LogP contribution in [0.4, 0.5) is 0 Å². The molecule has 184 valence electrons. The second-order valence-electron chi connectivity index (χ2n) is 8.27. The van der Waals surface area contributed by atoms with Gasteiger partial charge in [-0.1, -0.05) is 34.1 Å². The molecule has 6 atom stereocenters. The first kappa shape index (κ1) is 29.3. The number of primary amides is 1. The van der Waals surface area contributed by atoms with Gasteiger partial charge in [0.05, 0.1) is 6.10 Å². The highest BCUT2D eigenvalue weighted by atomic mass is 16.4. The van der Waals surface area contributed by atoms with Crippen LogP contribution in [-0.4, -0.2) is 70.1 Å². The molecular weight excluding hydrogens is 422 g/mol. The maximum absolute atomic E-state index is 12.8. The SMILES string of the molecule is CCC(C)C(NC(=O)C(CCC(N)=O)NC(=O)C(NC(=O)C(N)C(C)O)C(C)C)C(=O)O. The molecule has 0 radical (unpaired) electrons. The van der Waals surface area contributed by atoms with Crippen molar-refractivity contribution in [2.24, 2.45) is 23.3 Å². The van der Waals surface area contributed by atoms with E-state index in [0.717, 1.165) is 0 Å². The number of rotatable bonds is 14. The fourth-order valence-corrected chi connectivity index (χ4v) is 2.76. The molecule has 6 unspecified atom stereocenters. The van der Waals surface area contributed by atoms with Crippen molar-refractivity contribution >= 4 is 29.6 Å². The van der Waals surface area contributed by atoms with Crippen molar-refractivity contribution in [3.63, 3.8) is 0 Å². The summed E-state index contributed by atoms with van der Waals surface area (Å²) in [6.45, 7) is 8.06. The van der Waals surface area contributed by atoms with Crippen LogP contribution in [0.3, 0.4) is 0 Å². The molecular formula is C20H37N5O7. The summed E-state index contributed by atoms with van der Waals surface area (Å²) in [5.41, 5.74) is 10.8. The van der Waals surface area contributed by atoms with E-state index in [1.807, 2.05) is 0 Å². The molecule has 32 heavy (non-hydrogen) atoms. The summed E-state index contributed by atoms with van der Waals surface area (Å²) < 4.78 is 0. The zero-order valence-electron chi connectivity index (χ0n) is 19.3. The van der Waals surface area contributed by atoms with E-state index in [0.29, 0.717) is 6.42 Å². The molecule has 0 aromatic carbocycles. The zero-order valence-corrected chi connectivity index (χ0v) is 19.3. The number of aliphatic carboxylic acids is 1.